The molecule has 41 valence electrons. The van der Waals surface area contributed by atoms with Gasteiger partial charge in [-0.25, -0.2) is 9.90 Å². The molecule has 2 heteroatoms. The van der Waals surface area contributed by atoms with Gasteiger partial charge in [0.05, 0.1) is 0 Å². The minimum absolute atomic E-state index is 0.355. The van der Waals surface area contributed by atoms with Crippen LogP contribution in [0.3, 0.4) is 0 Å². The molecule has 1 aliphatic carbocycles. The molecule has 0 bridgehead atoms. The van der Waals surface area contributed by atoms with E-state index in [0.717, 1.165) is 12.8 Å². The molecule has 0 aromatic carbocycles. The minimum Gasteiger partial charge on any atom is -0.231 e. The van der Waals surface area contributed by atoms with Crippen molar-refractivity contribution in [1.82, 2.24) is 0 Å². The number of carbonyl (C=O) groups is 1. The van der Waals surface area contributed by atoms with Gasteiger partial charge in [-0.15, -0.1) is 0 Å². The summed E-state index contributed by atoms with van der Waals surface area (Å²) in [6, 6.07) is 0. The summed E-state index contributed by atoms with van der Waals surface area (Å²) >= 11 is 0. The quantitative estimate of drug-likeness (QED) is 0.414. The zero-order valence-corrected chi connectivity index (χ0v) is 4.31. The monoisotopic (exact) mass is 109 g/mol. The maximum Gasteiger partial charge on any atom is 0.429 e. The van der Waals surface area contributed by atoms with Gasteiger partial charge in [0.25, 0.3) is 0 Å². The van der Waals surface area contributed by atoms with Crippen LogP contribution in [0.1, 0.15) is 12.8 Å². The van der Waals surface area contributed by atoms with Gasteiger partial charge in [0.2, 0.25) is 0 Å². The highest BCUT2D eigenvalue weighted by atomic mass is 16.4. The summed E-state index contributed by atoms with van der Waals surface area (Å²) in [6.45, 7) is 0. The Bertz CT molecular complexity index is 157. The van der Waals surface area contributed by atoms with Crippen molar-refractivity contribution in [2.24, 2.45) is 5.92 Å². The van der Waals surface area contributed by atoms with Gasteiger partial charge < -0.3 is 0 Å². The van der Waals surface area contributed by atoms with E-state index in [1.54, 1.807) is 0 Å². The van der Waals surface area contributed by atoms with Crippen molar-refractivity contribution in [3.8, 4) is 11.8 Å². The second-order valence-corrected chi connectivity index (χ2v) is 1.83. The lowest BCUT2D eigenvalue weighted by atomic mass is 10.4. The minimum atomic E-state index is -1.27. The first kappa shape index (κ1) is 5.17. The van der Waals surface area contributed by atoms with E-state index in [4.69, 9.17) is 0 Å². The Morgan fingerprint density at radius 3 is 2.50 bits per heavy atom. The molecule has 1 radical (unpaired) electrons. The summed E-state index contributed by atoms with van der Waals surface area (Å²) in [7, 11) is 0. The van der Waals surface area contributed by atoms with Crippen molar-refractivity contribution < 1.29 is 9.90 Å². The molecule has 0 aliphatic heterocycles. The lowest BCUT2D eigenvalue weighted by Crippen LogP contribution is -1.83. The van der Waals surface area contributed by atoms with E-state index in [2.05, 4.69) is 5.92 Å². The van der Waals surface area contributed by atoms with Gasteiger partial charge in [0.1, 0.15) is 0 Å². The summed E-state index contributed by atoms with van der Waals surface area (Å²) in [5.74, 6) is 3.59. The molecule has 0 amide bonds. The fraction of sp³-hybridized carbons (Fsp3) is 0.500. The van der Waals surface area contributed by atoms with E-state index in [0.29, 0.717) is 5.92 Å². The summed E-state index contributed by atoms with van der Waals surface area (Å²) in [6.07, 6.45) is 2.11. The molecule has 1 rings (SSSR count). The van der Waals surface area contributed by atoms with Crippen molar-refractivity contribution in [3.63, 3.8) is 0 Å². The van der Waals surface area contributed by atoms with Crippen LogP contribution in [0.15, 0.2) is 0 Å². The standard InChI is InChI=1S/C6H5O2/c7-6(8)4-3-5-1-2-5/h5H,1-2H2. The largest absolute Gasteiger partial charge is 0.429 e. The van der Waals surface area contributed by atoms with E-state index in [1.165, 1.54) is 0 Å². The van der Waals surface area contributed by atoms with Crippen LogP contribution in [0.4, 0.5) is 0 Å². The van der Waals surface area contributed by atoms with Crippen LogP contribution in [0.25, 0.3) is 0 Å². The maximum absolute atomic E-state index is 9.65. The third-order valence-corrected chi connectivity index (χ3v) is 0.956. The van der Waals surface area contributed by atoms with Crippen molar-refractivity contribution in [2.45, 2.75) is 12.8 Å². The van der Waals surface area contributed by atoms with E-state index >= 15 is 0 Å². The van der Waals surface area contributed by atoms with Gasteiger partial charge >= 0.3 is 5.97 Å². The third kappa shape index (κ3) is 1.65. The lowest BCUT2D eigenvalue weighted by molar-refractivity contribution is -0.136. The molecule has 1 saturated carbocycles. The third-order valence-electron chi connectivity index (χ3n) is 0.956. The van der Waals surface area contributed by atoms with Crippen LogP contribution in [-0.2, 0) is 9.90 Å². The van der Waals surface area contributed by atoms with Gasteiger partial charge in [-0.2, -0.15) is 0 Å². The first-order chi connectivity index (χ1) is 3.79. The van der Waals surface area contributed by atoms with Crippen molar-refractivity contribution in [3.05, 3.63) is 0 Å². The molecule has 0 aromatic rings. The molecule has 0 heterocycles. The van der Waals surface area contributed by atoms with Gasteiger partial charge in [0, 0.05) is 11.8 Å². The number of carbonyl (C=O) groups excluding carboxylic acids is 1. The number of hydrogen-bond donors (Lipinski definition) is 0. The topological polar surface area (TPSA) is 37.0 Å². The maximum atomic E-state index is 9.65. The second-order valence-electron chi connectivity index (χ2n) is 1.83. The summed E-state index contributed by atoms with van der Waals surface area (Å²) in [4.78, 5) is 9.65. The lowest BCUT2D eigenvalue weighted by Gasteiger charge is -1.65. The molecule has 0 spiro atoms. The van der Waals surface area contributed by atoms with Crippen LogP contribution in [-0.4, -0.2) is 5.97 Å². The zero-order chi connectivity index (χ0) is 5.98. The van der Waals surface area contributed by atoms with Gasteiger partial charge in [-0.3, -0.25) is 0 Å². The van der Waals surface area contributed by atoms with Gasteiger partial charge in [0.15, 0.2) is 0 Å². The van der Waals surface area contributed by atoms with E-state index in [9.17, 15) is 9.90 Å². The fourth-order valence-electron chi connectivity index (χ4n) is 0.389. The molecule has 2 nitrogen and oxygen atoms in total. The highest BCUT2D eigenvalue weighted by Gasteiger charge is 2.18. The van der Waals surface area contributed by atoms with E-state index < -0.39 is 5.97 Å². The number of rotatable bonds is 0. The van der Waals surface area contributed by atoms with Crippen molar-refractivity contribution in [1.29, 1.82) is 0 Å². The predicted octanol–water partition coefficient (Wildman–Crippen LogP) is 0.357. The van der Waals surface area contributed by atoms with Crippen LogP contribution < -0.4 is 0 Å². The number of hydrogen-bond acceptors (Lipinski definition) is 1. The molecule has 1 aliphatic rings. The molecule has 0 unspecified atom stereocenters. The fourth-order valence-corrected chi connectivity index (χ4v) is 0.389. The van der Waals surface area contributed by atoms with Crippen LogP contribution in [0.2, 0.25) is 0 Å². The first-order valence-electron chi connectivity index (χ1n) is 2.51. The summed E-state index contributed by atoms with van der Waals surface area (Å²) < 4.78 is 0. The Labute approximate surface area is 47.5 Å². The SMILES string of the molecule is [O]C(=O)C#CC1CC1. The van der Waals surface area contributed by atoms with Crippen LogP contribution in [0, 0.1) is 17.8 Å². The Morgan fingerprint density at radius 1 is 1.50 bits per heavy atom. The molecular formula is C6H5O2. The highest BCUT2D eigenvalue weighted by Crippen LogP contribution is 2.27. The highest BCUT2D eigenvalue weighted by molar-refractivity contribution is 5.86. The Kier molecular flexibility index (Phi) is 1.21. The predicted molar refractivity (Wildman–Crippen MR) is 26.2 cm³/mol. The van der Waals surface area contributed by atoms with E-state index in [1.807, 2.05) is 5.92 Å². The van der Waals surface area contributed by atoms with Crippen molar-refractivity contribution >= 4 is 5.97 Å². The molecule has 0 saturated heterocycles. The summed E-state index contributed by atoms with van der Waals surface area (Å²) in [5, 5.41) is 9.65. The van der Waals surface area contributed by atoms with Gasteiger partial charge in [-0.1, -0.05) is 5.92 Å². The smallest absolute Gasteiger partial charge is 0.231 e. The average molecular weight is 109 g/mol. The Morgan fingerprint density at radius 2 is 2.12 bits per heavy atom. The molecule has 8 heavy (non-hydrogen) atoms. The van der Waals surface area contributed by atoms with Crippen LogP contribution >= 0.6 is 0 Å². The molecule has 0 atom stereocenters. The molecule has 0 aromatic heterocycles. The molecule has 0 N–H and O–H groups in total. The molecule has 1 fully saturated rings. The van der Waals surface area contributed by atoms with Crippen LogP contribution in [0.5, 0.6) is 0 Å². The average Bonchev–Trinajstić information content (AvgIpc) is 2.41. The Balaban J connectivity index is 2.34. The van der Waals surface area contributed by atoms with E-state index in [-0.39, 0.29) is 0 Å². The zero-order valence-electron chi connectivity index (χ0n) is 4.31. The van der Waals surface area contributed by atoms with Crippen molar-refractivity contribution in [2.75, 3.05) is 0 Å². The van der Waals surface area contributed by atoms with Gasteiger partial charge in [-0.05, 0) is 12.8 Å². The summed E-state index contributed by atoms with van der Waals surface area (Å²) in [5.41, 5.74) is 0. The molecular weight excluding hydrogens is 104 g/mol. The normalized spacial score (nSPS) is 16.5. The first-order valence-corrected chi connectivity index (χ1v) is 2.51. The Hall–Kier alpha value is -0.970. The second kappa shape index (κ2) is 1.87.